The van der Waals surface area contributed by atoms with Gasteiger partial charge in [-0.3, -0.25) is 9.59 Å². The maximum Gasteiger partial charge on any atom is 0.324 e. The van der Waals surface area contributed by atoms with E-state index in [9.17, 15) is 18.0 Å². The van der Waals surface area contributed by atoms with Crippen LogP contribution in [0.25, 0.3) is 0 Å². The molecule has 2 aromatic carbocycles. The Morgan fingerprint density at radius 3 is 2.35 bits per heavy atom. The highest BCUT2D eigenvalue weighted by molar-refractivity contribution is 7.89. The van der Waals surface area contributed by atoms with E-state index in [-0.39, 0.29) is 11.7 Å². The number of anilines is 1. The molecule has 0 aromatic heterocycles. The number of ether oxygens (including phenoxy) is 5. The van der Waals surface area contributed by atoms with Crippen LogP contribution in [-0.2, 0) is 24.3 Å². The number of sulfonamides is 1. The molecule has 0 radical (unpaired) electrons. The third-order valence-corrected chi connectivity index (χ3v) is 6.47. The molecule has 182 valence electrons. The summed E-state index contributed by atoms with van der Waals surface area (Å²) in [7, 11) is -4.09. The van der Waals surface area contributed by atoms with Gasteiger partial charge >= 0.3 is 5.97 Å². The maximum atomic E-state index is 12.9. The van der Waals surface area contributed by atoms with Gasteiger partial charge in [0.05, 0.1) is 4.90 Å². The Balaban J connectivity index is 1.37. The lowest BCUT2D eigenvalue weighted by molar-refractivity contribution is -0.150. The van der Waals surface area contributed by atoms with Crippen molar-refractivity contribution in [3.63, 3.8) is 0 Å². The van der Waals surface area contributed by atoms with Crippen molar-refractivity contribution < 1.29 is 41.7 Å². The van der Waals surface area contributed by atoms with Gasteiger partial charge in [0, 0.05) is 17.8 Å². The Morgan fingerprint density at radius 2 is 1.59 bits per heavy atom. The lowest BCUT2D eigenvalue weighted by atomic mass is 10.1. The molecule has 1 unspecified atom stereocenters. The van der Waals surface area contributed by atoms with Gasteiger partial charge in [0.25, 0.3) is 5.91 Å². The fourth-order valence-corrected chi connectivity index (χ4v) is 4.63. The SMILES string of the molecule is CC(C)C(NS(=O)(=O)c1ccc2c(c1)OCCO2)C(=O)OCC(=O)Nc1ccc2c(c1)OCO2. The van der Waals surface area contributed by atoms with E-state index in [0.717, 1.165) is 0 Å². The van der Waals surface area contributed by atoms with Crippen LogP contribution in [0, 0.1) is 5.92 Å². The summed E-state index contributed by atoms with van der Waals surface area (Å²) in [5, 5.41) is 2.58. The number of hydrogen-bond donors (Lipinski definition) is 2. The minimum absolute atomic E-state index is 0.0873. The Bertz CT molecular complexity index is 1200. The van der Waals surface area contributed by atoms with Gasteiger partial charge in [-0.05, 0) is 30.2 Å². The van der Waals surface area contributed by atoms with E-state index in [1.54, 1.807) is 32.0 Å². The molecule has 2 heterocycles. The van der Waals surface area contributed by atoms with Crippen molar-refractivity contribution in [2.45, 2.75) is 24.8 Å². The molecule has 2 aliphatic heterocycles. The Hall–Kier alpha value is -3.51. The second-order valence-electron chi connectivity index (χ2n) is 7.87. The molecule has 0 fully saturated rings. The fraction of sp³-hybridized carbons (Fsp3) is 0.364. The van der Waals surface area contributed by atoms with E-state index in [1.165, 1.54) is 18.2 Å². The van der Waals surface area contributed by atoms with Crippen LogP contribution in [0.3, 0.4) is 0 Å². The molecule has 1 atom stereocenters. The average Bonchev–Trinajstić information content (AvgIpc) is 3.28. The van der Waals surface area contributed by atoms with Crippen molar-refractivity contribution in [3.8, 4) is 23.0 Å². The molecule has 11 nitrogen and oxygen atoms in total. The lowest BCUT2D eigenvalue weighted by Gasteiger charge is -2.22. The van der Waals surface area contributed by atoms with Crippen LogP contribution in [0.15, 0.2) is 41.3 Å². The largest absolute Gasteiger partial charge is 0.486 e. The highest BCUT2D eigenvalue weighted by atomic mass is 32.2. The molecular weight excluding hydrogens is 468 g/mol. The van der Waals surface area contributed by atoms with Gasteiger partial charge in [-0.15, -0.1) is 0 Å². The fourth-order valence-electron chi connectivity index (χ4n) is 3.28. The van der Waals surface area contributed by atoms with Crippen LogP contribution in [0.1, 0.15) is 13.8 Å². The van der Waals surface area contributed by atoms with E-state index in [1.807, 2.05) is 0 Å². The van der Waals surface area contributed by atoms with Gasteiger partial charge in [0.1, 0.15) is 19.3 Å². The van der Waals surface area contributed by atoms with Gasteiger partial charge in [-0.1, -0.05) is 13.8 Å². The molecule has 1 amide bonds. The highest BCUT2D eigenvalue weighted by Gasteiger charge is 2.31. The molecule has 12 heteroatoms. The molecule has 2 N–H and O–H groups in total. The Morgan fingerprint density at radius 1 is 0.941 bits per heavy atom. The smallest absolute Gasteiger partial charge is 0.324 e. The molecule has 0 aliphatic carbocycles. The summed E-state index contributed by atoms with van der Waals surface area (Å²) in [4.78, 5) is 24.8. The first-order chi connectivity index (χ1) is 16.2. The standard InChI is InChI=1S/C22H24N2O9S/c1-13(2)21(24-34(27,28)15-4-6-16-19(10-15)30-8-7-29-16)22(26)31-11-20(25)23-14-3-5-17-18(9-14)33-12-32-17/h3-6,9-10,13,21,24H,7-8,11-12H2,1-2H3,(H,23,25). The number of benzene rings is 2. The van der Waals surface area contributed by atoms with E-state index in [2.05, 4.69) is 10.0 Å². The Labute approximate surface area is 196 Å². The van der Waals surface area contributed by atoms with Crippen LogP contribution >= 0.6 is 0 Å². The van der Waals surface area contributed by atoms with Crippen LogP contribution in [-0.4, -0.2) is 52.9 Å². The summed E-state index contributed by atoms with van der Waals surface area (Å²) in [6.07, 6.45) is 0. The van der Waals surface area contributed by atoms with Gasteiger partial charge in [0.2, 0.25) is 16.8 Å². The average molecular weight is 493 g/mol. The first-order valence-corrected chi connectivity index (χ1v) is 12.0. The Kier molecular flexibility index (Phi) is 6.80. The van der Waals surface area contributed by atoms with Gasteiger partial charge in [-0.2, -0.15) is 4.72 Å². The molecule has 0 spiro atoms. The van der Waals surface area contributed by atoms with Gasteiger partial charge < -0.3 is 29.0 Å². The number of esters is 1. The van der Waals surface area contributed by atoms with E-state index in [0.29, 0.717) is 41.9 Å². The first kappa shape index (κ1) is 23.6. The van der Waals surface area contributed by atoms with Crippen molar-refractivity contribution >= 4 is 27.6 Å². The van der Waals surface area contributed by atoms with Crippen molar-refractivity contribution in [1.29, 1.82) is 0 Å². The van der Waals surface area contributed by atoms with Crippen LogP contribution < -0.4 is 29.0 Å². The molecular formula is C22H24N2O9S. The first-order valence-electron chi connectivity index (χ1n) is 10.5. The summed E-state index contributed by atoms with van der Waals surface area (Å²) in [6, 6.07) is 7.82. The van der Waals surface area contributed by atoms with Crippen molar-refractivity contribution in [2.24, 2.45) is 5.92 Å². The highest BCUT2D eigenvalue weighted by Crippen LogP contribution is 2.34. The van der Waals surface area contributed by atoms with Crippen LogP contribution in [0.4, 0.5) is 5.69 Å². The third kappa shape index (κ3) is 5.34. The number of fused-ring (bicyclic) bond motifs is 2. The minimum Gasteiger partial charge on any atom is -0.486 e. The summed E-state index contributed by atoms with van der Waals surface area (Å²) in [6.45, 7) is 3.50. The predicted octanol–water partition coefficient (Wildman–Crippen LogP) is 1.67. The van der Waals surface area contributed by atoms with E-state index < -0.39 is 40.5 Å². The summed E-state index contributed by atoms with van der Waals surface area (Å²) >= 11 is 0. The quantitative estimate of drug-likeness (QED) is 0.527. The molecule has 4 rings (SSSR count). The zero-order chi connectivity index (χ0) is 24.3. The number of carbonyl (C=O) groups excluding carboxylic acids is 2. The summed E-state index contributed by atoms with van der Waals surface area (Å²) in [5.74, 6) is -0.119. The topological polar surface area (TPSA) is 138 Å². The van der Waals surface area contributed by atoms with Gasteiger partial charge in [-0.25, -0.2) is 8.42 Å². The predicted molar refractivity (Wildman–Crippen MR) is 119 cm³/mol. The number of hydrogen-bond acceptors (Lipinski definition) is 9. The van der Waals surface area contributed by atoms with Crippen molar-refractivity contribution in [1.82, 2.24) is 4.72 Å². The number of nitrogens with one attached hydrogen (secondary N) is 2. The molecule has 34 heavy (non-hydrogen) atoms. The number of carbonyl (C=O) groups is 2. The third-order valence-electron chi connectivity index (χ3n) is 5.03. The van der Waals surface area contributed by atoms with Gasteiger partial charge in [0.15, 0.2) is 29.6 Å². The minimum atomic E-state index is -4.09. The number of amides is 1. The van der Waals surface area contributed by atoms with E-state index in [4.69, 9.17) is 23.7 Å². The van der Waals surface area contributed by atoms with E-state index >= 15 is 0 Å². The summed E-state index contributed by atoms with van der Waals surface area (Å²) < 4.78 is 54.5. The molecule has 2 aliphatic rings. The normalized spacial score (nSPS) is 15.0. The maximum absolute atomic E-state index is 12.9. The monoisotopic (exact) mass is 492 g/mol. The lowest BCUT2D eigenvalue weighted by Crippen LogP contribution is -2.45. The molecule has 0 saturated carbocycles. The summed E-state index contributed by atoms with van der Waals surface area (Å²) in [5.41, 5.74) is 0.435. The zero-order valence-electron chi connectivity index (χ0n) is 18.5. The molecule has 0 bridgehead atoms. The van der Waals surface area contributed by atoms with Crippen molar-refractivity contribution in [3.05, 3.63) is 36.4 Å². The second kappa shape index (κ2) is 9.77. The van der Waals surface area contributed by atoms with Crippen LogP contribution in [0.2, 0.25) is 0 Å². The van der Waals surface area contributed by atoms with Crippen LogP contribution in [0.5, 0.6) is 23.0 Å². The number of rotatable bonds is 8. The van der Waals surface area contributed by atoms with Crippen molar-refractivity contribution in [2.75, 3.05) is 31.9 Å². The molecule has 0 saturated heterocycles. The zero-order valence-corrected chi connectivity index (χ0v) is 19.3. The second-order valence-corrected chi connectivity index (χ2v) is 9.59. The molecule has 2 aromatic rings.